The van der Waals surface area contributed by atoms with Gasteiger partial charge in [-0.1, -0.05) is 0 Å². The van der Waals surface area contributed by atoms with Gasteiger partial charge in [0.2, 0.25) is 0 Å². The maximum Gasteiger partial charge on any atom is 0.150 e. The summed E-state index contributed by atoms with van der Waals surface area (Å²) in [6, 6.07) is 1.57. The van der Waals surface area contributed by atoms with Crippen LogP contribution in [0.25, 0.3) is 0 Å². The van der Waals surface area contributed by atoms with E-state index in [0.29, 0.717) is 16.9 Å². The molecule has 0 bridgehead atoms. The van der Waals surface area contributed by atoms with Crippen LogP contribution >= 0.6 is 0 Å². The minimum Gasteiger partial charge on any atom is -0.630 e. The van der Waals surface area contributed by atoms with Crippen LogP contribution in [0.5, 0.6) is 0 Å². The fraction of sp³-hybridized carbons (Fsp3) is 0. The number of quaternary nitrogens is 1. The Bertz CT molecular complexity index is 201. The van der Waals surface area contributed by atoms with Gasteiger partial charge in [0.1, 0.15) is 5.69 Å². The number of nitrogens with zero attached hydrogens (tertiary/aromatic N) is 1. The minimum atomic E-state index is 0.509. The number of aromatic nitrogens is 1. The van der Waals surface area contributed by atoms with Crippen LogP contribution in [0.3, 0.4) is 0 Å². The molecule has 4 heteroatoms. The number of pyridine rings is 1. The molecule has 1 rings (SSSR count). The Morgan fingerprint density at radius 2 is 2.33 bits per heavy atom. The Hall–Kier alpha value is -1.13. The van der Waals surface area contributed by atoms with Crippen molar-refractivity contribution >= 4 is 11.4 Å². The summed E-state index contributed by atoms with van der Waals surface area (Å²) in [5, 5.41) is 10.1. The third kappa shape index (κ3) is 1.38. The van der Waals surface area contributed by atoms with Crippen LogP contribution in [0.2, 0.25) is 0 Å². The van der Waals surface area contributed by atoms with Crippen molar-refractivity contribution in [3.8, 4) is 0 Å². The SMILES string of the molecule is Nc1cncc([NH2+][O-])c1. The molecule has 0 unspecified atom stereocenters. The number of rotatable bonds is 1. The number of nitrogens with two attached hydrogens (primary N) is 2. The first kappa shape index (κ1) is 6.00. The van der Waals surface area contributed by atoms with Crippen LogP contribution in [-0.4, -0.2) is 4.98 Å². The molecule has 1 aromatic heterocycles. The zero-order valence-electron chi connectivity index (χ0n) is 4.74. The molecule has 4 nitrogen and oxygen atoms in total. The predicted molar refractivity (Wildman–Crippen MR) is 33.6 cm³/mol. The standard InChI is InChI=1S/C5H7N3O/c6-4-1-5(8-9)3-7-2-4/h1-3H,6,8H2. The van der Waals surface area contributed by atoms with Gasteiger partial charge in [-0.25, -0.2) is 0 Å². The molecule has 0 saturated heterocycles. The van der Waals surface area contributed by atoms with E-state index in [-0.39, 0.29) is 0 Å². The first-order valence-corrected chi connectivity index (χ1v) is 2.48. The van der Waals surface area contributed by atoms with Crippen molar-refractivity contribution in [2.24, 2.45) is 0 Å². The molecule has 0 aliphatic heterocycles. The molecule has 4 N–H and O–H groups in total. The van der Waals surface area contributed by atoms with Crippen molar-refractivity contribution in [2.45, 2.75) is 0 Å². The zero-order valence-corrected chi connectivity index (χ0v) is 4.74. The van der Waals surface area contributed by atoms with Crippen LogP contribution in [0.15, 0.2) is 18.5 Å². The second-order valence-corrected chi connectivity index (χ2v) is 1.67. The van der Waals surface area contributed by atoms with E-state index in [1.807, 2.05) is 0 Å². The summed E-state index contributed by atoms with van der Waals surface area (Å²) < 4.78 is 0. The highest BCUT2D eigenvalue weighted by molar-refractivity contribution is 5.42. The number of anilines is 1. The van der Waals surface area contributed by atoms with Crippen molar-refractivity contribution in [3.63, 3.8) is 0 Å². The van der Waals surface area contributed by atoms with E-state index in [4.69, 9.17) is 5.73 Å². The second kappa shape index (κ2) is 2.43. The topological polar surface area (TPSA) is 78.6 Å². The molecule has 0 aromatic carbocycles. The highest BCUT2D eigenvalue weighted by Gasteiger charge is 1.89. The monoisotopic (exact) mass is 125 g/mol. The molecule has 0 atom stereocenters. The van der Waals surface area contributed by atoms with E-state index in [1.54, 1.807) is 6.07 Å². The molecule has 1 aromatic rings. The maximum atomic E-state index is 10.1. The molecule has 0 spiro atoms. The van der Waals surface area contributed by atoms with Crippen LogP contribution in [0.1, 0.15) is 0 Å². The van der Waals surface area contributed by atoms with Gasteiger partial charge in [-0.15, -0.1) is 0 Å². The Labute approximate surface area is 52.3 Å². The molecule has 0 aliphatic rings. The highest BCUT2D eigenvalue weighted by atomic mass is 16.5. The molecule has 0 saturated carbocycles. The normalized spacial score (nSPS) is 9.44. The van der Waals surface area contributed by atoms with Gasteiger partial charge in [-0.3, -0.25) is 4.98 Å². The van der Waals surface area contributed by atoms with Gasteiger partial charge >= 0.3 is 0 Å². The molecule has 0 amide bonds. The van der Waals surface area contributed by atoms with E-state index >= 15 is 0 Å². The first-order valence-electron chi connectivity index (χ1n) is 2.48. The maximum absolute atomic E-state index is 10.1. The number of hydrogen-bond donors (Lipinski definition) is 2. The first-order chi connectivity index (χ1) is 4.33. The van der Waals surface area contributed by atoms with Gasteiger partial charge in [0.25, 0.3) is 0 Å². The van der Waals surface area contributed by atoms with Crippen molar-refractivity contribution in [1.29, 1.82) is 0 Å². The summed E-state index contributed by atoms with van der Waals surface area (Å²) >= 11 is 0. The van der Waals surface area contributed by atoms with E-state index in [9.17, 15) is 5.21 Å². The lowest BCUT2D eigenvalue weighted by atomic mass is 10.4. The zero-order chi connectivity index (χ0) is 6.69. The molecule has 0 fully saturated rings. The lowest BCUT2D eigenvalue weighted by Crippen LogP contribution is -2.70. The van der Waals surface area contributed by atoms with Crippen molar-refractivity contribution in [1.82, 2.24) is 4.98 Å². The molecular weight excluding hydrogens is 118 g/mol. The molecule has 48 valence electrons. The van der Waals surface area contributed by atoms with E-state index in [0.717, 1.165) is 0 Å². The van der Waals surface area contributed by atoms with E-state index < -0.39 is 0 Å². The average Bonchev–Trinajstić information content (AvgIpc) is 1.88. The Morgan fingerprint density at radius 1 is 1.56 bits per heavy atom. The van der Waals surface area contributed by atoms with Gasteiger partial charge in [0.05, 0.1) is 18.1 Å². The summed E-state index contributed by atoms with van der Waals surface area (Å²) in [7, 11) is 0. The fourth-order valence-corrected chi connectivity index (χ4v) is 0.541. The third-order valence-corrected chi connectivity index (χ3v) is 0.917. The quantitative estimate of drug-likeness (QED) is 0.490. The molecule has 0 radical (unpaired) electrons. The summed E-state index contributed by atoms with van der Waals surface area (Å²) in [6.07, 6.45) is 2.95. The van der Waals surface area contributed by atoms with Crippen LogP contribution < -0.4 is 11.2 Å². The van der Waals surface area contributed by atoms with Crippen LogP contribution in [0.4, 0.5) is 11.4 Å². The Balaban J connectivity index is 2.94. The third-order valence-electron chi connectivity index (χ3n) is 0.917. The van der Waals surface area contributed by atoms with Crippen molar-refractivity contribution in [3.05, 3.63) is 23.7 Å². The molecule has 9 heavy (non-hydrogen) atoms. The average molecular weight is 125 g/mol. The summed E-state index contributed by atoms with van der Waals surface area (Å²) in [6.45, 7) is 0. The van der Waals surface area contributed by atoms with Crippen LogP contribution in [-0.2, 0) is 0 Å². The van der Waals surface area contributed by atoms with Crippen molar-refractivity contribution in [2.75, 3.05) is 5.73 Å². The lowest BCUT2D eigenvalue weighted by Gasteiger charge is -1.99. The molecule has 0 aliphatic carbocycles. The smallest absolute Gasteiger partial charge is 0.150 e. The largest absolute Gasteiger partial charge is 0.630 e. The van der Waals surface area contributed by atoms with Crippen LogP contribution in [0, 0.1) is 5.21 Å². The highest BCUT2D eigenvalue weighted by Crippen LogP contribution is 2.02. The predicted octanol–water partition coefficient (Wildman–Crippen LogP) is -0.643. The fourth-order valence-electron chi connectivity index (χ4n) is 0.541. The Morgan fingerprint density at radius 3 is 2.78 bits per heavy atom. The van der Waals surface area contributed by atoms with Gasteiger partial charge in [-0.05, 0) is 0 Å². The lowest BCUT2D eigenvalue weighted by molar-refractivity contribution is -0.497. The van der Waals surface area contributed by atoms with Gasteiger partial charge in [0.15, 0.2) is 0 Å². The molecule has 1 heterocycles. The molecular formula is C5H7N3O. The minimum absolute atomic E-state index is 0.509. The van der Waals surface area contributed by atoms with Crippen molar-refractivity contribution < 1.29 is 5.48 Å². The number of hydrogen-bond acceptors (Lipinski definition) is 3. The van der Waals surface area contributed by atoms with Gasteiger partial charge in [0, 0.05) is 6.07 Å². The number of nitrogen functional groups attached to an aromatic ring is 1. The Kier molecular flexibility index (Phi) is 1.62. The van der Waals surface area contributed by atoms with Gasteiger partial charge in [-0.2, -0.15) is 0 Å². The summed E-state index contributed by atoms with van der Waals surface area (Å²) in [5.74, 6) is 0. The second-order valence-electron chi connectivity index (χ2n) is 1.67. The van der Waals surface area contributed by atoms with E-state index in [2.05, 4.69) is 4.98 Å². The summed E-state index contributed by atoms with van der Waals surface area (Å²) in [4.78, 5) is 3.70. The van der Waals surface area contributed by atoms with Gasteiger partial charge < -0.3 is 16.4 Å². The van der Waals surface area contributed by atoms with E-state index in [1.165, 1.54) is 12.4 Å². The summed E-state index contributed by atoms with van der Waals surface area (Å²) in [5.41, 5.74) is 7.05.